The van der Waals surface area contributed by atoms with Crippen molar-refractivity contribution in [1.29, 1.82) is 0 Å². The van der Waals surface area contributed by atoms with Crippen molar-refractivity contribution in [1.82, 2.24) is 15.1 Å². The summed E-state index contributed by atoms with van der Waals surface area (Å²) in [6.45, 7) is 2.04. The average molecular weight is 502 g/mol. The number of rotatable bonds is 6. The number of nitrogens with zero attached hydrogens (tertiary/aromatic N) is 2. The molecule has 0 radical (unpaired) electrons. The molecule has 1 amide bonds. The zero-order chi connectivity index (χ0) is 26.1. The zero-order valence-electron chi connectivity index (χ0n) is 21.1. The first kappa shape index (κ1) is 23.7. The lowest BCUT2D eigenvalue weighted by atomic mass is 10.0. The van der Waals surface area contributed by atoms with E-state index in [0.717, 1.165) is 40.6 Å². The van der Waals surface area contributed by atoms with Crippen LogP contribution in [-0.4, -0.2) is 28.3 Å². The molecule has 188 valence electrons. The van der Waals surface area contributed by atoms with Crippen molar-refractivity contribution < 1.29 is 14.3 Å². The van der Waals surface area contributed by atoms with Crippen LogP contribution in [-0.2, 0) is 11.2 Å². The summed E-state index contributed by atoms with van der Waals surface area (Å²) in [5.74, 6) is -0.582. The van der Waals surface area contributed by atoms with Crippen molar-refractivity contribution in [2.24, 2.45) is 0 Å². The summed E-state index contributed by atoms with van der Waals surface area (Å²) in [7, 11) is 0. The molecule has 6 heteroatoms. The summed E-state index contributed by atoms with van der Waals surface area (Å²) in [6, 6.07) is 31.6. The topological polar surface area (TPSA) is 73.2 Å². The largest absolute Gasteiger partial charge is 0.461 e. The number of amides is 1. The number of benzene rings is 4. The van der Waals surface area contributed by atoms with Crippen LogP contribution in [0, 0.1) is 0 Å². The van der Waals surface area contributed by atoms with Gasteiger partial charge in [-0.1, -0.05) is 60.7 Å². The molecule has 1 aliphatic rings. The molecule has 1 heterocycles. The van der Waals surface area contributed by atoms with Crippen LogP contribution in [0.4, 0.5) is 0 Å². The van der Waals surface area contributed by atoms with Crippen LogP contribution in [0.2, 0.25) is 0 Å². The molecule has 5 aromatic rings. The maximum absolute atomic E-state index is 13.0. The number of aromatic nitrogens is 2. The molecule has 6 rings (SSSR count). The first-order chi connectivity index (χ1) is 18.6. The Bertz CT molecular complexity index is 1650. The Morgan fingerprint density at radius 3 is 2.50 bits per heavy atom. The third-order valence-corrected chi connectivity index (χ3v) is 7.05. The van der Waals surface area contributed by atoms with E-state index in [4.69, 9.17) is 4.74 Å². The van der Waals surface area contributed by atoms with Gasteiger partial charge in [-0.2, -0.15) is 5.10 Å². The highest BCUT2D eigenvalue weighted by molar-refractivity contribution is 5.95. The summed E-state index contributed by atoms with van der Waals surface area (Å²) in [5.41, 5.74) is 5.73. The Balaban J connectivity index is 1.31. The second kappa shape index (κ2) is 9.98. The SMILES string of the molecule is CCOC(=O)c1cc(-c2ccc3ccccc3c2)n(-c2ccc(C(=O)N[C@@H]3CCc4ccccc43)cc2)n1. The summed E-state index contributed by atoms with van der Waals surface area (Å²) in [4.78, 5) is 25.6. The predicted octanol–water partition coefficient (Wildman–Crippen LogP) is 6.29. The number of nitrogens with one attached hydrogen (secondary N) is 1. The molecule has 38 heavy (non-hydrogen) atoms. The van der Waals surface area contributed by atoms with E-state index in [2.05, 4.69) is 46.8 Å². The monoisotopic (exact) mass is 501 g/mol. The first-order valence-electron chi connectivity index (χ1n) is 12.9. The second-order valence-corrected chi connectivity index (χ2v) is 9.42. The summed E-state index contributed by atoms with van der Waals surface area (Å²) < 4.78 is 6.94. The second-order valence-electron chi connectivity index (χ2n) is 9.42. The first-order valence-corrected chi connectivity index (χ1v) is 12.9. The van der Waals surface area contributed by atoms with Crippen LogP contribution in [0.15, 0.2) is 97.1 Å². The van der Waals surface area contributed by atoms with Crippen molar-refractivity contribution in [3.8, 4) is 16.9 Å². The van der Waals surface area contributed by atoms with Crippen LogP contribution in [0.1, 0.15) is 51.4 Å². The summed E-state index contributed by atoms with van der Waals surface area (Å²) in [5, 5.41) is 9.98. The normalized spacial score (nSPS) is 14.3. The molecule has 1 aliphatic carbocycles. The highest BCUT2D eigenvalue weighted by Gasteiger charge is 2.24. The molecular weight excluding hydrogens is 474 g/mol. The van der Waals surface area contributed by atoms with Crippen LogP contribution in [0.3, 0.4) is 0 Å². The van der Waals surface area contributed by atoms with Crippen LogP contribution >= 0.6 is 0 Å². The lowest BCUT2D eigenvalue weighted by Crippen LogP contribution is -2.27. The Morgan fingerprint density at radius 2 is 1.68 bits per heavy atom. The molecule has 0 spiro atoms. The van der Waals surface area contributed by atoms with Gasteiger partial charge in [0, 0.05) is 11.1 Å². The van der Waals surface area contributed by atoms with E-state index in [1.165, 1.54) is 11.1 Å². The minimum atomic E-state index is -0.471. The minimum absolute atomic E-state index is 0.0242. The van der Waals surface area contributed by atoms with E-state index in [9.17, 15) is 9.59 Å². The number of carbonyl (C=O) groups is 2. The highest BCUT2D eigenvalue weighted by Crippen LogP contribution is 2.31. The van der Waals surface area contributed by atoms with Gasteiger partial charge in [-0.05, 0) is 78.1 Å². The molecule has 0 bridgehead atoms. The summed E-state index contributed by atoms with van der Waals surface area (Å²) in [6.07, 6.45) is 1.88. The molecule has 1 aromatic heterocycles. The number of aryl methyl sites for hydroxylation is 1. The minimum Gasteiger partial charge on any atom is -0.461 e. The molecule has 0 saturated carbocycles. The van der Waals surface area contributed by atoms with Crippen LogP contribution in [0.5, 0.6) is 0 Å². The molecular formula is C32H27N3O3. The van der Waals surface area contributed by atoms with E-state index in [0.29, 0.717) is 5.56 Å². The molecule has 0 aliphatic heterocycles. The van der Waals surface area contributed by atoms with E-state index in [1.54, 1.807) is 29.8 Å². The number of fused-ring (bicyclic) bond motifs is 2. The summed E-state index contributed by atoms with van der Waals surface area (Å²) >= 11 is 0. The average Bonchev–Trinajstić information content (AvgIpc) is 3.58. The maximum atomic E-state index is 13.0. The fraction of sp³-hybridized carbons (Fsp3) is 0.156. The predicted molar refractivity (Wildman–Crippen MR) is 147 cm³/mol. The van der Waals surface area contributed by atoms with Crippen molar-refractivity contribution in [2.45, 2.75) is 25.8 Å². The van der Waals surface area contributed by atoms with Crippen molar-refractivity contribution in [2.75, 3.05) is 6.61 Å². The van der Waals surface area contributed by atoms with Crippen molar-refractivity contribution in [3.05, 3.63) is 119 Å². The van der Waals surface area contributed by atoms with Gasteiger partial charge in [-0.15, -0.1) is 0 Å². The molecule has 1 N–H and O–H groups in total. The van der Waals surface area contributed by atoms with Gasteiger partial charge in [0.25, 0.3) is 5.91 Å². The number of ether oxygens (including phenoxy) is 1. The maximum Gasteiger partial charge on any atom is 0.358 e. The Labute approximate surface area is 220 Å². The molecule has 6 nitrogen and oxygen atoms in total. The van der Waals surface area contributed by atoms with Gasteiger partial charge in [0.05, 0.1) is 24.0 Å². The number of hydrogen-bond acceptors (Lipinski definition) is 4. The van der Waals surface area contributed by atoms with Gasteiger partial charge in [0.2, 0.25) is 0 Å². The highest BCUT2D eigenvalue weighted by atomic mass is 16.5. The molecule has 0 fully saturated rings. The lowest BCUT2D eigenvalue weighted by molar-refractivity contribution is 0.0518. The fourth-order valence-corrected chi connectivity index (χ4v) is 5.14. The Hall–Kier alpha value is -4.71. The van der Waals surface area contributed by atoms with Crippen molar-refractivity contribution >= 4 is 22.6 Å². The zero-order valence-corrected chi connectivity index (χ0v) is 21.1. The number of hydrogen-bond donors (Lipinski definition) is 1. The third kappa shape index (κ3) is 4.45. The lowest BCUT2D eigenvalue weighted by Gasteiger charge is -2.14. The molecule has 0 saturated heterocycles. The van der Waals surface area contributed by atoms with Gasteiger partial charge < -0.3 is 10.1 Å². The van der Waals surface area contributed by atoms with Crippen LogP contribution in [0.25, 0.3) is 27.7 Å². The number of esters is 1. The van der Waals surface area contributed by atoms with E-state index in [1.807, 2.05) is 42.5 Å². The number of carbonyl (C=O) groups excluding carboxylic acids is 2. The van der Waals surface area contributed by atoms with Gasteiger partial charge in [0.15, 0.2) is 5.69 Å². The van der Waals surface area contributed by atoms with Crippen molar-refractivity contribution in [3.63, 3.8) is 0 Å². The van der Waals surface area contributed by atoms with Gasteiger partial charge >= 0.3 is 5.97 Å². The molecule has 1 atom stereocenters. The Kier molecular flexibility index (Phi) is 6.22. The quantitative estimate of drug-likeness (QED) is 0.278. The smallest absolute Gasteiger partial charge is 0.358 e. The Morgan fingerprint density at radius 1 is 0.921 bits per heavy atom. The van der Waals surface area contributed by atoms with Gasteiger partial charge in [-0.25, -0.2) is 9.48 Å². The molecule has 0 unspecified atom stereocenters. The van der Waals surface area contributed by atoms with Gasteiger partial charge in [0.1, 0.15) is 0 Å². The van der Waals surface area contributed by atoms with E-state index >= 15 is 0 Å². The molecule has 4 aromatic carbocycles. The van der Waals surface area contributed by atoms with Crippen LogP contribution < -0.4 is 5.32 Å². The van der Waals surface area contributed by atoms with E-state index in [-0.39, 0.29) is 24.2 Å². The van der Waals surface area contributed by atoms with E-state index < -0.39 is 5.97 Å². The fourth-order valence-electron chi connectivity index (χ4n) is 5.14. The standard InChI is InChI=1S/C32H27N3O3/c1-2-38-32(37)29-20-30(25-12-11-21-7-3-4-9-24(21)19-25)35(34-29)26-16-13-23(14-17-26)31(36)33-28-18-15-22-8-5-6-10-27(22)28/h3-14,16-17,19-20,28H,2,15,18H2,1H3,(H,33,36)/t28-/m1/s1. The van der Waals surface area contributed by atoms with Gasteiger partial charge in [-0.3, -0.25) is 4.79 Å². The third-order valence-electron chi connectivity index (χ3n) is 7.05.